The average molecular weight is 189 g/mol. The van der Waals surface area contributed by atoms with Crippen LogP contribution < -0.4 is 5.32 Å². The van der Waals surface area contributed by atoms with Gasteiger partial charge in [-0.3, -0.25) is 9.59 Å². The molecule has 0 heterocycles. The summed E-state index contributed by atoms with van der Waals surface area (Å²) in [5, 5.41) is 11.0. The summed E-state index contributed by atoms with van der Waals surface area (Å²) in [4.78, 5) is 20.6. The van der Waals surface area contributed by atoms with Gasteiger partial charge in [0.2, 0.25) is 6.41 Å². The van der Waals surface area contributed by atoms with Crippen molar-refractivity contribution in [2.45, 2.75) is 19.4 Å². The Hall–Kier alpha value is -1.10. The molecule has 0 saturated heterocycles. The zero-order valence-corrected chi connectivity index (χ0v) is 7.82. The molecular formula is C8H15NO4. The van der Waals surface area contributed by atoms with E-state index >= 15 is 0 Å². The average Bonchev–Trinajstić information content (AvgIpc) is 2.03. The zero-order chi connectivity index (χ0) is 10.3. The lowest BCUT2D eigenvalue weighted by Gasteiger charge is -2.20. The molecule has 0 fully saturated rings. The van der Waals surface area contributed by atoms with Crippen molar-refractivity contribution in [3.8, 4) is 0 Å². The van der Waals surface area contributed by atoms with Crippen LogP contribution in [-0.4, -0.2) is 37.2 Å². The van der Waals surface area contributed by atoms with E-state index in [2.05, 4.69) is 5.32 Å². The van der Waals surface area contributed by atoms with E-state index in [0.717, 1.165) is 0 Å². The number of aliphatic carboxylic acids is 1. The van der Waals surface area contributed by atoms with Crippen molar-refractivity contribution in [2.24, 2.45) is 5.92 Å². The summed E-state index contributed by atoms with van der Waals surface area (Å²) in [7, 11) is 1.54. The van der Waals surface area contributed by atoms with E-state index in [-0.39, 0.29) is 18.4 Å². The maximum atomic E-state index is 10.4. The predicted molar refractivity (Wildman–Crippen MR) is 46.3 cm³/mol. The molecule has 0 aliphatic heterocycles. The van der Waals surface area contributed by atoms with Crippen LogP contribution in [0.3, 0.4) is 0 Å². The second-order valence-electron chi connectivity index (χ2n) is 2.92. The van der Waals surface area contributed by atoms with Crippen molar-refractivity contribution in [3.05, 3.63) is 0 Å². The van der Waals surface area contributed by atoms with Crippen LogP contribution in [0.4, 0.5) is 0 Å². The SMILES string of the molecule is COCC(C)[C@H](CC(=O)O)NC=O. The van der Waals surface area contributed by atoms with Gasteiger partial charge in [0, 0.05) is 19.1 Å². The number of carboxylic acid groups (broad SMARTS) is 1. The third kappa shape index (κ3) is 5.19. The fraction of sp³-hybridized carbons (Fsp3) is 0.750. The quantitative estimate of drug-likeness (QED) is 0.546. The van der Waals surface area contributed by atoms with Gasteiger partial charge in [-0.1, -0.05) is 6.92 Å². The molecule has 2 N–H and O–H groups in total. The molecule has 0 aromatic rings. The lowest BCUT2D eigenvalue weighted by Crippen LogP contribution is -2.37. The molecule has 1 amide bonds. The Morgan fingerprint density at radius 1 is 1.69 bits per heavy atom. The fourth-order valence-electron chi connectivity index (χ4n) is 1.08. The fourth-order valence-corrected chi connectivity index (χ4v) is 1.08. The Morgan fingerprint density at radius 3 is 2.69 bits per heavy atom. The monoisotopic (exact) mass is 189 g/mol. The van der Waals surface area contributed by atoms with Crippen molar-refractivity contribution in [3.63, 3.8) is 0 Å². The first kappa shape index (κ1) is 11.9. The number of rotatable bonds is 7. The van der Waals surface area contributed by atoms with Crippen LogP contribution in [0, 0.1) is 5.92 Å². The van der Waals surface area contributed by atoms with Gasteiger partial charge in [0.15, 0.2) is 0 Å². The summed E-state index contributed by atoms with van der Waals surface area (Å²) in [6, 6.07) is -0.366. The van der Waals surface area contributed by atoms with Gasteiger partial charge in [-0.15, -0.1) is 0 Å². The highest BCUT2D eigenvalue weighted by molar-refractivity contribution is 5.68. The van der Waals surface area contributed by atoms with Crippen LogP contribution in [-0.2, 0) is 14.3 Å². The van der Waals surface area contributed by atoms with Crippen LogP contribution in [0.25, 0.3) is 0 Å². The molecule has 0 aliphatic rings. The molecule has 0 bridgehead atoms. The Balaban J connectivity index is 4.04. The Kier molecular flexibility index (Phi) is 5.88. The van der Waals surface area contributed by atoms with Crippen LogP contribution in [0.15, 0.2) is 0 Å². The molecule has 0 aromatic heterocycles. The number of carboxylic acids is 1. The highest BCUT2D eigenvalue weighted by Crippen LogP contribution is 2.06. The maximum absolute atomic E-state index is 10.4. The number of amides is 1. The Morgan fingerprint density at radius 2 is 2.31 bits per heavy atom. The number of hydrogen-bond acceptors (Lipinski definition) is 3. The summed E-state index contributed by atoms with van der Waals surface area (Å²) >= 11 is 0. The molecule has 0 aliphatic carbocycles. The van der Waals surface area contributed by atoms with Crippen molar-refractivity contribution in [1.82, 2.24) is 5.32 Å². The molecule has 76 valence electrons. The van der Waals surface area contributed by atoms with Crippen molar-refractivity contribution >= 4 is 12.4 Å². The summed E-state index contributed by atoms with van der Waals surface area (Å²) in [5.74, 6) is -0.936. The second-order valence-corrected chi connectivity index (χ2v) is 2.92. The largest absolute Gasteiger partial charge is 0.481 e. The number of carbonyl (C=O) groups is 2. The summed E-state index contributed by atoms with van der Waals surface area (Å²) in [6.45, 7) is 2.26. The smallest absolute Gasteiger partial charge is 0.305 e. The Bertz CT molecular complexity index is 172. The van der Waals surface area contributed by atoms with Crippen molar-refractivity contribution in [2.75, 3.05) is 13.7 Å². The second kappa shape index (κ2) is 6.42. The number of nitrogens with one attached hydrogen (secondary N) is 1. The third-order valence-electron chi connectivity index (χ3n) is 1.79. The highest BCUT2D eigenvalue weighted by Gasteiger charge is 2.19. The summed E-state index contributed by atoms with van der Waals surface area (Å²) in [6.07, 6.45) is 0.434. The van der Waals surface area contributed by atoms with Crippen LogP contribution in [0.1, 0.15) is 13.3 Å². The number of ether oxygens (including phenoxy) is 1. The molecule has 5 heteroatoms. The van der Waals surface area contributed by atoms with Gasteiger partial charge < -0.3 is 15.2 Å². The van der Waals surface area contributed by atoms with Gasteiger partial charge in [0.25, 0.3) is 0 Å². The van der Waals surface area contributed by atoms with Crippen LogP contribution in [0.2, 0.25) is 0 Å². The van der Waals surface area contributed by atoms with Gasteiger partial charge >= 0.3 is 5.97 Å². The summed E-state index contributed by atoms with van der Waals surface area (Å²) in [5.41, 5.74) is 0. The van der Waals surface area contributed by atoms with E-state index in [1.807, 2.05) is 6.92 Å². The van der Waals surface area contributed by atoms with E-state index < -0.39 is 5.97 Å². The number of carbonyl (C=O) groups excluding carboxylic acids is 1. The van der Waals surface area contributed by atoms with E-state index in [1.54, 1.807) is 0 Å². The minimum atomic E-state index is -0.928. The molecule has 0 saturated carbocycles. The first-order valence-corrected chi connectivity index (χ1v) is 4.02. The maximum Gasteiger partial charge on any atom is 0.305 e. The molecule has 1 unspecified atom stereocenters. The van der Waals surface area contributed by atoms with E-state index in [0.29, 0.717) is 13.0 Å². The topological polar surface area (TPSA) is 75.6 Å². The lowest BCUT2D eigenvalue weighted by atomic mass is 10.0. The molecule has 0 rings (SSSR count). The van der Waals surface area contributed by atoms with Crippen molar-refractivity contribution < 1.29 is 19.4 Å². The zero-order valence-electron chi connectivity index (χ0n) is 7.82. The highest BCUT2D eigenvalue weighted by atomic mass is 16.5. The van der Waals surface area contributed by atoms with E-state index in [9.17, 15) is 9.59 Å². The van der Waals surface area contributed by atoms with Crippen LogP contribution in [0.5, 0.6) is 0 Å². The van der Waals surface area contributed by atoms with Gasteiger partial charge in [-0.05, 0) is 0 Å². The molecular weight excluding hydrogens is 174 g/mol. The number of hydrogen-bond donors (Lipinski definition) is 2. The lowest BCUT2D eigenvalue weighted by molar-refractivity contribution is -0.138. The molecule has 0 aromatic carbocycles. The molecule has 13 heavy (non-hydrogen) atoms. The first-order valence-electron chi connectivity index (χ1n) is 4.02. The third-order valence-corrected chi connectivity index (χ3v) is 1.79. The predicted octanol–water partition coefficient (Wildman–Crippen LogP) is -0.142. The van der Waals surface area contributed by atoms with Gasteiger partial charge in [0.05, 0.1) is 13.0 Å². The van der Waals surface area contributed by atoms with Gasteiger partial charge in [-0.2, -0.15) is 0 Å². The van der Waals surface area contributed by atoms with Crippen LogP contribution >= 0.6 is 0 Å². The molecule has 5 nitrogen and oxygen atoms in total. The Labute approximate surface area is 77.1 Å². The number of methoxy groups -OCH3 is 1. The molecule has 0 spiro atoms. The first-order chi connectivity index (χ1) is 6.11. The van der Waals surface area contributed by atoms with Gasteiger partial charge in [0.1, 0.15) is 0 Å². The normalized spacial score (nSPS) is 14.6. The van der Waals surface area contributed by atoms with Gasteiger partial charge in [-0.25, -0.2) is 0 Å². The minimum Gasteiger partial charge on any atom is -0.481 e. The van der Waals surface area contributed by atoms with E-state index in [1.165, 1.54) is 7.11 Å². The minimum absolute atomic E-state index is 0.00806. The molecule has 2 atom stereocenters. The van der Waals surface area contributed by atoms with Crippen molar-refractivity contribution in [1.29, 1.82) is 0 Å². The van der Waals surface area contributed by atoms with E-state index in [4.69, 9.17) is 9.84 Å². The standard InChI is InChI=1S/C8H15NO4/c1-6(4-13-2)7(9-5-10)3-8(11)12/h5-7H,3-4H2,1-2H3,(H,9,10)(H,11,12)/t6?,7-/m0/s1. The molecule has 0 radical (unpaired) electrons. The summed E-state index contributed by atoms with van der Waals surface area (Å²) < 4.78 is 4.86.